The second-order valence-corrected chi connectivity index (χ2v) is 9.13. The number of carbonyl (C=O) groups is 2. The zero-order valence-corrected chi connectivity index (χ0v) is 16.2. The first-order chi connectivity index (χ1) is 12.9. The molecule has 0 spiro atoms. The molecular formula is C19H26N2O5S. The van der Waals surface area contributed by atoms with Crippen LogP contribution in [-0.4, -0.2) is 60.3 Å². The minimum atomic E-state index is -3.43. The van der Waals surface area contributed by atoms with E-state index in [9.17, 15) is 23.1 Å². The van der Waals surface area contributed by atoms with E-state index in [0.29, 0.717) is 32.5 Å². The number of carbonyl (C=O) groups excluding carboxylic acids is 1. The van der Waals surface area contributed by atoms with Gasteiger partial charge in [0.15, 0.2) is 0 Å². The number of carboxylic acids is 1. The third-order valence-corrected chi connectivity index (χ3v) is 7.27. The molecule has 2 saturated heterocycles. The van der Waals surface area contributed by atoms with E-state index in [4.69, 9.17) is 0 Å². The van der Waals surface area contributed by atoms with Crippen molar-refractivity contribution in [3.05, 3.63) is 29.8 Å². The largest absolute Gasteiger partial charge is 0.480 e. The lowest BCUT2D eigenvalue weighted by Crippen LogP contribution is -2.48. The normalized spacial score (nSPS) is 21.3. The van der Waals surface area contributed by atoms with Crippen LogP contribution in [0.4, 0.5) is 0 Å². The molecule has 1 atom stereocenters. The maximum atomic E-state index is 12.5. The molecule has 148 valence electrons. The highest BCUT2D eigenvalue weighted by atomic mass is 32.2. The van der Waals surface area contributed by atoms with Crippen molar-refractivity contribution in [3.63, 3.8) is 0 Å². The Bertz CT molecular complexity index is 785. The van der Waals surface area contributed by atoms with Crippen molar-refractivity contribution in [2.75, 3.05) is 19.6 Å². The summed E-state index contributed by atoms with van der Waals surface area (Å²) in [5.41, 5.74) is 0.868. The molecule has 1 aromatic rings. The minimum absolute atomic E-state index is 0.157. The van der Waals surface area contributed by atoms with Crippen molar-refractivity contribution in [2.24, 2.45) is 0 Å². The van der Waals surface area contributed by atoms with Crippen LogP contribution in [0.15, 0.2) is 29.2 Å². The van der Waals surface area contributed by atoms with Gasteiger partial charge in [0.25, 0.3) is 0 Å². The zero-order chi connectivity index (χ0) is 19.4. The van der Waals surface area contributed by atoms with Gasteiger partial charge in [0.2, 0.25) is 15.9 Å². The standard InChI is InChI=1S/C19H26N2O5S/c22-18(21-14-2-1-5-17(21)19(23)24)11-8-15-6-9-16(10-7-15)27(25,26)20-12-3-4-13-20/h6-7,9-10,17H,1-5,8,11-14H2,(H,23,24)/t17-/m1/s1. The molecule has 27 heavy (non-hydrogen) atoms. The number of likely N-dealkylation sites (tertiary alicyclic amines) is 1. The number of aliphatic carboxylic acids is 1. The molecule has 7 nitrogen and oxygen atoms in total. The highest BCUT2D eigenvalue weighted by molar-refractivity contribution is 7.89. The summed E-state index contributed by atoms with van der Waals surface area (Å²) in [6.07, 6.45) is 4.64. The quantitative estimate of drug-likeness (QED) is 0.795. The van der Waals surface area contributed by atoms with Crippen molar-refractivity contribution in [2.45, 2.75) is 55.9 Å². The average Bonchev–Trinajstić information content (AvgIpc) is 3.22. The van der Waals surface area contributed by atoms with E-state index >= 15 is 0 Å². The number of benzene rings is 1. The van der Waals surface area contributed by atoms with Crippen LogP contribution in [-0.2, 0) is 26.0 Å². The van der Waals surface area contributed by atoms with E-state index in [1.54, 1.807) is 24.3 Å². The van der Waals surface area contributed by atoms with E-state index in [2.05, 4.69) is 0 Å². The Morgan fingerprint density at radius 2 is 1.63 bits per heavy atom. The van der Waals surface area contributed by atoms with Gasteiger partial charge in [0, 0.05) is 26.1 Å². The Labute approximate surface area is 160 Å². The van der Waals surface area contributed by atoms with Gasteiger partial charge in [0.1, 0.15) is 6.04 Å². The monoisotopic (exact) mass is 394 g/mol. The summed E-state index contributed by atoms with van der Waals surface area (Å²) in [5, 5.41) is 9.28. The molecule has 0 aliphatic carbocycles. The van der Waals surface area contributed by atoms with Crippen LogP contribution in [0.25, 0.3) is 0 Å². The maximum Gasteiger partial charge on any atom is 0.326 e. The highest BCUT2D eigenvalue weighted by Crippen LogP contribution is 2.22. The zero-order valence-electron chi connectivity index (χ0n) is 15.3. The Hall–Kier alpha value is -1.93. The molecule has 0 aromatic heterocycles. The second kappa shape index (κ2) is 8.39. The summed E-state index contributed by atoms with van der Waals surface area (Å²) in [7, 11) is -3.43. The van der Waals surface area contributed by atoms with Gasteiger partial charge >= 0.3 is 5.97 Å². The number of carboxylic acid groups (broad SMARTS) is 1. The molecule has 0 unspecified atom stereocenters. The van der Waals surface area contributed by atoms with Gasteiger partial charge in [-0.2, -0.15) is 4.31 Å². The van der Waals surface area contributed by atoms with E-state index in [0.717, 1.165) is 31.2 Å². The fraction of sp³-hybridized carbons (Fsp3) is 0.579. The number of piperidine rings is 1. The van der Waals surface area contributed by atoms with Crippen LogP contribution in [0.1, 0.15) is 44.1 Å². The molecule has 0 radical (unpaired) electrons. The molecule has 1 amide bonds. The Kier molecular flexibility index (Phi) is 6.16. The Morgan fingerprint density at radius 1 is 1.00 bits per heavy atom. The molecule has 2 heterocycles. The van der Waals surface area contributed by atoms with Gasteiger partial charge in [-0.05, 0) is 56.2 Å². The number of sulfonamides is 1. The van der Waals surface area contributed by atoms with Crippen LogP contribution >= 0.6 is 0 Å². The number of hydrogen-bond acceptors (Lipinski definition) is 4. The van der Waals surface area contributed by atoms with Gasteiger partial charge in [-0.3, -0.25) is 4.79 Å². The summed E-state index contributed by atoms with van der Waals surface area (Å²) >= 11 is 0. The van der Waals surface area contributed by atoms with Gasteiger partial charge in [0.05, 0.1) is 4.90 Å². The van der Waals surface area contributed by atoms with E-state index in [1.807, 2.05) is 0 Å². The number of nitrogens with zero attached hydrogens (tertiary/aromatic N) is 2. The third-order valence-electron chi connectivity index (χ3n) is 5.36. The summed E-state index contributed by atoms with van der Waals surface area (Å²) < 4.78 is 26.6. The average molecular weight is 394 g/mol. The lowest BCUT2D eigenvalue weighted by atomic mass is 10.0. The number of hydrogen-bond donors (Lipinski definition) is 1. The molecule has 2 fully saturated rings. The molecule has 0 saturated carbocycles. The lowest BCUT2D eigenvalue weighted by molar-refractivity contribution is -0.152. The van der Waals surface area contributed by atoms with Crippen molar-refractivity contribution in [3.8, 4) is 0 Å². The topological polar surface area (TPSA) is 95.0 Å². The maximum absolute atomic E-state index is 12.5. The van der Waals surface area contributed by atoms with E-state index in [1.165, 1.54) is 9.21 Å². The van der Waals surface area contributed by atoms with Gasteiger partial charge in [-0.15, -0.1) is 0 Å². The van der Waals surface area contributed by atoms with Gasteiger partial charge < -0.3 is 10.0 Å². The summed E-state index contributed by atoms with van der Waals surface area (Å²) in [5.74, 6) is -1.10. The first-order valence-corrected chi connectivity index (χ1v) is 10.9. The Morgan fingerprint density at radius 3 is 2.26 bits per heavy atom. The first-order valence-electron chi connectivity index (χ1n) is 9.51. The van der Waals surface area contributed by atoms with Gasteiger partial charge in [-0.25, -0.2) is 13.2 Å². The highest BCUT2D eigenvalue weighted by Gasteiger charge is 2.31. The molecule has 8 heteroatoms. The third kappa shape index (κ3) is 4.50. The number of aryl methyl sites for hydroxylation is 1. The molecular weight excluding hydrogens is 368 g/mol. The molecule has 1 aromatic carbocycles. The van der Waals surface area contributed by atoms with Crippen molar-refractivity contribution >= 4 is 21.9 Å². The molecule has 3 rings (SSSR count). The predicted molar refractivity (Wildman–Crippen MR) is 99.7 cm³/mol. The Balaban J connectivity index is 1.60. The fourth-order valence-corrected chi connectivity index (χ4v) is 5.30. The van der Waals surface area contributed by atoms with Crippen LogP contribution in [0, 0.1) is 0 Å². The minimum Gasteiger partial charge on any atom is -0.480 e. The summed E-state index contributed by atoms with van der Waals surface area (Å²) in [6.45, 7) is 1.63. The smallest absolute Gasteiger partial charge is 0.326 e. The molecule has 2 aliphatic heterocycles. The lowest BCUT2D eigenvalue weighted by Gasteiger charge is -2.33. The van der Waals surface area contributed by atoms with Crippen LogP contribution in [0.3, 0.4) is 0 Å². The van der Waals surface area contributed by atoms with Crippen molar-refractivity contribution in [1.82, 2.24) is 9.21 Å². The van der Waals surface area contributed by atoms with Crippen LogP contribution in [0.5, 0.6) is 0 Å². The van der Waals surface area contributed by atoms with Crippen LogP contribution in [0.2, 0.25) is 0 Å². The summed E-state index contributed by atoms with van der Waals surface area (Å²) in [6, 6.07) is 5.93. The first kappa shape index (κ1) is 19.8. The van der Waals surface area contributed by atoms with Crippen molar-refractivity contribution in [1.29, 1.82) is 0 Å². The van der Waals surface area contributed by atoms with E-state index in [-0.39, 0.29) is 17.2 Å². The summed E-state index contributed by atoms with van der Waals surface area (Å²) in [4.78, 5) is 25.5. The second-order valence-electron chi connectivity index (χ2n) is 7.19. The predicted octanol–water partition coefficient (Wildman–Crippen LogP) is 1.87. The van der Waals surface area contributed by atoms with E-state index < -0.39 is 22.0 Å². The van der Waals surface area contributed by atoms with Crippen LogP contribution < -0.4 is 0 Å². The molecule has 2 aliphatic rings. The SMILES string of the molecule is O=C(O)[C@H]1CCCCN1C(=O)CCc1ccc(S(=O)(=O)N2CCCC2)cc1. The molecule has 0 bridgehead atoms. The van der Waals surface area contributed by atoms with Gasteiger partial charge in [-0.1, -0.05) is 12.1 Å². The fourth-order valence-electron chi connectivity index (χ4n) is 3.79. The number of rotatable bonds is 6. The van der Waals surface area contributed by atoms with Crippen molar-refractivity contribution < 1.29 is 23.1 Å². The molecule has 1 N–H and O–H groups in total. The number of amides is 1.